The number of methoxy groups -OCH3 is 2. The van der Waals surface area contributed by atoms with E-state index in [1.54, 1.807) is 21.0 Å². The van der Waals surface area contributed by atoms with Crippen LogP contribution in [-0.4, -0.2) is 84.0 Å². The summed E-state index contributed by atoms with van der Waals surface area (Å²) in [4.78, 5) is 28.4. The first-order valence-corrected chi connectivity index (χ1v) is 13.7. The molecule has 10 heteroatoms. The molecule has 5 rings (SSSR count). The van der Waals surface area contributed by atoms with Gasteiger partial charge in [-0.1, -0.05) is 223 Å². The van der Waals surface area contributed by atoms with Gasteiger partial charge in [0.05, 0.1) is 37.7 Å². The summed E-state index contributed by atoms with van der Waals surface area (Å²) in [7, 11) is 2.76. The second-order valence-corrected chi connectivity index (χ2v) is 11.7. The summed E-state index contributed by atoms with van der Waals surface area (Å²) in [5.41, 5.74) is -1.42. The highest BCUT2D eigenvalue weighted by atomic mass is 16.7. The van der Waals surface area contributed by atoms with Crippen LogP contribution in [0.1, 0.15) is 292 Å². The van der Waals surface area contributed by atoms with Gasteiger partial charge in [0.1, 0.15) is 5.76 Å². The third kappa shape index (κ3) is 34.2. The van der Waals surface area contributed by atoms with Gasteiger partial charge in [0.15, 0.2) is 23.2 Å². The van der Waals surface area contributed by atoms with Gasteiger partial charge in [-0.05, 0) is 88.3 Å². The van der Waals surface area contributed by atoms with Gasteiger partial charge in [-0.25, -0.2) is 4.79 Å². The van der Waals surface area contributed by atoms with Gasteiger partial charge < -0.3 is 33.9 Å². The van der Waals surface area contributed by atoms with Gasteiger partial charge in [0.2, 0.25) is 6.79 Å². The van der Waals surface area contributed by atoms with Gasteiger partial charge in [-0.3, -0.25) is 9.69 Å². The number of hydrogen-bond acceptors (Lipinski definition) is 10. The van der Waals surface area contributed by atoms with Gasteiger partial charge in [-0.15, -0.1) is 0 Å². The molecule has 0 saturated carbocycles. The quantitative estimate of drug-likeness (QED) is 0.231. The van der Waals surface area contributed by atoms with E-state index in [0.717, 1.165) is 43.5 Å². The van der Waals surface area contributed by atoms with Crippen LogP contribution in [-0.2, 0) is 30.2 Å². The lowest BCUT2D eigenvalue weighted by Crippen LogP contribution is -2.49. The number of esters is 2. The minimum absolute atomic E-state index is 0. The van der Waals surface area contributed by atoms with Crippen LogP contribution < -0.4 is 9.47 Å². The van der Waals surface area contributed by atoms with Gasteiger partial charge in [-0.2, -0.15) is 0 Å². The highest BCUT2D eigenvalue weighted by molar-refractivity contribution is 5.86. The summed E-state index contributed by atoms with van der Waals surface area (Å²) in [5.74, 6) is -0.0645. The second kappa shape index (κ2) is 67.3. The van der Waals surface area contributed by atoms with E-state index < -0.39 is 41.2 Å². The molecule has 454 valence electrons. The number of fused-ring (bicyclic) bond motifs is 3. The van der Waals surface area contributed by atoms with Crippen LogP contribution in [0.2, 0.25) is 0 Å². The third-order valence-electron chi connectivity index (χ3n) is 8.62. The Labute approximate surface area is 449 Å². The molecule has 0 aromatic heterocycles. The summed E-state index contributed by atoms with van der Waals surface area (Å²) >= 11 is 0. The van der Waals surface area contributed by atoms with Crippen molar-refractivity contribution in [2.45, 2.75) is 310 Å². The first kappa shape index (κ1) is 174. The molecule has 69 heavy (non-hydrogen) atoms. The normalized spacial score (nSPS) is 15.2. The Balaban J connectivity index is -0.0000000257. The Morgan fingerprint density at radius 1 is 0.652 bits per heavy atom. The molecule has 3 aliphatic heterocycles. The minimum Gasteiger partial charge on any atom is -0.497 e. The summed E-state index contributed by atoms with van der Waals surface area (Å²) in [5, 5.41) is 21.6. The molecule has 2 N–H and O–H groups in total. The van der Waals surface area contributed by atoms with E-state index in [-0.39, 0.29) is 242 Å². The van der Waals surface area contributed by atoms with Gasteiger partial charge in [0, 0.05) is 6.54 Å². The van der Waals surface area contributed by atoms with Crippen molar-refractivity contribution in [1.82, 2.24) is 4.90 Å². The van der Waals surface area contributed by atoms with E-state index in [0.29, 0.717) is 30.1 Å². The van der Waals surface area contributed by atoms with E-state index >= 15 is 0 Å². The van der Waals surface area contributed by atoms with E-state index in [4.69, 9.17) is 23.7 Å². The Hall–Kier alpha value is -2.82. The van der Waals surface area contributed by atoms with Crippen LogP contribution in [0.25, 0.3) is 0 Å². The van der Waals surface area contributed by atoms with E-state index in [1.165, 1.54) is 7.11 Å². The monoisotopic (exact) mass is 1030 g/mol. The molecule has 10 nitrogen and oxygen atoms in total. The molecular formula is C59H159NO9. The largest absolute Gasteiger partial charge is 0.497 e. The van der Waals surface area contributed by atoms with Crippen LogP contribution in [0.3, 0.4) is 0 Å². The van der Waals surface area contributed by atoms with E-state index in [1.807, 2.05) is 12.1 Å². The van der Waals surface area contributed by atoms with Crippen molar-refractivity contribution in [3.8, 4) is 11.5 Å². The number of benzene rings is 1. The zero-order chi connectivity index (χ0) is 28.0. The summed E-state index contributed by atoms with van der Waals surface area (Å²) in [6, 6.07) is 4.00. The first-order valence-electron chi connectivity index (χ1n) is 13.7. The molecule has 0 radical (unpaired) electrons. The number of aliphatic hydroxyl groups is 2. The number of hydrogen-bond donors (Lipinski definition) is 2. The predicted octanol–water partition coefficient (Wildman–Crippen LogP) is 21.7. The molecule has 1 aromatic carbocycles. The smallest absolute Gasteiger partial charge is 0.339 e. The molecule has 0 bridgehead atoms. The average molecular weight is 1030 g/mol. The first-order chi connectivity index (χ1) is 18.5. The highest BCUT2D eigenvalue weighted by Crippen LogP contribution is 2.55. The maximum Gasteiger partial charge on any atom is 0.339 e. The van der Waals surface area contributed by atoms with Crippen molar-refractivity contribution in [2.24, 2.45) is 0 Å². The Bertz CT molecular complexity index is 1170. The lowest BCUT2D eigenvalue weighted by atomic mass is 9.77. The molecule has 1 spiro atoms. The second-order valence-electron chi connectivity index (χ2n) is 11.7. The van der Waals surface area contributed by atoms with Crippen molar-refractivity contribution in [3.05, 3.63) is 35.1 Å². The molecule has 0 amide bonds. The zero-order valence-electron chi connectivity index (χ0n) is 23.2. The standard InChI is InChI=1S/C29H39NO9.30CH4/c1-27(2,33)8-5-10-29(34,16-23(31)36-4)26(32)39-25-22(35-3)15-28-9-6-11-30(28)12-7-18-13-20-21(38-17-37-20)14-19(18)24(25)28;;;;;;;;;;;;;;;;;;;;;;;;;;;;;;/h13-15,24-25,33-34H,5-12,16-17H2,1-4H3;30*1H4/t24-,25-,28+,29+;;;;;;;;;;;;;;;;;;;;;;;;;;;;;;/m1............................../s1. The topological polar surface area (TPSA) is 124 Å². The number of carbonyl (C=O) groups is 2. The minimum atomic E-state index is -2.12. The average Bonchev–Trinajstić information content (AvgIpc) is 3.56. The molecule has 1 fully saturated rings. The molecular weight excluding hydrogens is 867 g/mol. The third-order valence-corrected chi connectivity index (χ3v) is 8.62. The number of nitrogens with zero attached hydrogens (tertiary/aromatic N) is 1. The van der Waals surface area contributed by atoms with Crippen LogP contribution >= 0.6 is 0 Å². The highest BCUT2D eigenvalue weighted by Gasteiger charge is 2.59. The number of ether oxygens (including phenoxy) is 5. The van der Waals surface area contributed by atoms with E-state index in [9.17, 15) is 19.8 Å². The molecule has 1 aliphatic carbocycles. The molecule has 4 aliphatic rings. The van der Waals surface area contributed by atoms with Gasteiger partial charge in [0.25, 0.3) is 0 Å². The summed E-state index contributed by atoms with van der Waals surface area (Å²) in [6.07, 6.45) is 3.94. The van der Waals surface area contributed by atoms with Crippen molar-refractivity contribution < 1.29 is 43.5 Å². The van der Waals surface area contributed by atoms with Gasteiger partial charge >= 0.3 is 11.9 Å². The Morgan fingerprint density at radius 3 is 1.46 bits per heavy atom. The number of rotatable bonds is 9. The van der Waals surface area contributed by atoms with Crippen molar-refractivity contribution in [2.75, 3.05) is 34.1 Å². The maximum atomic E-state index is 13.8. The van der Waals surface area contributed by atoms with E-state index in [2.05, 4.69) is 11.0 Å². The van der Waals surface area contributed by atoms with Crippen molar-refractivity contribution in [3.63, 3.8) is 0 Å². The lowest BCUT2D eigenvalue weighted by Gasteiger charge is -2.39. The number of carbonyl (C=O) groups excluding carboxylic acids is 2. The molecule has 1 saturated heterocycles. The van der Waals surface area contributed by atoms with Crippen LogP contribution in [0.5, 0.6) is 11.5 Å². The fraction of sp³-hybridized carbons (Fsp3) is 0.831. The summed E-state index contributed by atoms with van der Waals surface area (Å²) in [6.45, 7) is 5.21. The Kier molecular flexibility index (Phi) is 170. The zero-order valence-corrected chi connectivity index (χ0v) is 23.2. The summed E-state index contributed by atoms with van der Waals surface area (Å²) < 4.78 is 28.1. The molecule has 0 unspecified atom stereocenters. The van der Waals surface area contributed by atoms with Crippen LogP contribution in [0, 0.1) is 0 Å². The Morgan fingerprint density at radius 2 is 1.07 bits per heavy atom. The van der Waals surface area contributed by atoms with Crippen molar-refractivity contribution >= 4 is 11.9 Å². The maximum absolute atomic E-state index is 13.8. The fourth-order valence-electron chi connectivity index (χ4n) is 6.71. The lowest BCUT2D eigenvalue weighted by molar-refractivity contribution is -0.178. The fourth-order valence-corrected chi connectivity index (χ4v) is 6.71. The predicted molar refractivity (Wildman–Crippen MR) is 341 cm³/mol. The van der Waals surface area contributed by atoms with Crippen LogP contribution in [0.15, 0.2) is 24.0 Å². The molecule has 3 heterocycles. The molecule has 4 atom stereocenters. The van der Waals surface area contributed by atoms with Crippen LogP contribution in [0.4, 0.5) is 0 Å². The molecule has 1 aromatic rings. The SMILES string of the molecule is C.C.C.C.C.C.C.C.C.C.C.C.C.C.C.C.C.C.C.C.C.C.C.C.C.C.C.C.C.C.COC(=O)C[C@@](O)(CCCC(C)(C)O)C(=O)O[C@@H]1C(OC)=C[C@]23CCCN2CCc2cc4c(cc2[C@H]13)OCO4. The van der Waals surface area contributed by atoms with Crippen molar-refractivity contribution in [1.29, 1.82) is 0 Å².